The molecule has 0 aliphatic rings. The molecule has 0 atom stereocenters. The highest BCUT2D eigenvalue weighted by atomic mass is 16.2. The molecule has 2 aromatic carbocycles. The van der Waals surface area contributed by atoms with Gasteiger partial charge >= 0.3 is 0 Å². The van der Waals surface area contributed by atoms with Crippen LogP contribution in [0.5, 0.6) is 0 Å². The number of likely N-dealkylation sites (N-methyl/N-ethyl adjacent to an activating group) is 1. The average molecular weight is 371 g/mol. The van der Waals surface area contributed by atoms with Gasteiger partial charge in [-0.25, -0.2) is 15.0 Å². The Kier molecular flexibility index (Phi) is 4.85. The fourth-order valence-corrected chi connectivity index (χ4v) is 3.16. The van der Waals surface area contributed by atoms with Gasteiger partial charge in [-0.1, -0.05) is 55.5 Å². The van der Waals surface area contributed by atoms with Crippen LogP contribution in [0.25, 0.3) is 22.6 Å². The van der Waals surface area contributed by atoms with E-state index in [2.05, 4.69) is 9.97 Å². The summed E-state index contributed by atoms with van der Waals surface area (Å²) in [5.74, 6) is 1.42. The van der Waals surface area contributed by atoms with Gasteiger partial charge in [0.2, 0.25) is 5.91 Å². The second-order valence-corrected chi connectivity index (χ2v) is 6.52. The molecule has 0 fully saturated rings. The van der Waals surface area contributed by atoms with Crippen LogP contribution in [0.1, 0.15) is 12.7 Å². The third kappa shape index (κ3) is 3.36. The van der Waals surface area contributed by atoms with Crippen molar-refractivity contribution in [1.29, 1.82) is 0 Å². The third-order valence-corrected chi connectivity index (χ3v) is 4.73. The topological polar surface area (TPSA) is 63.9 Å². The molecule has 0 radical (unpaired) electrons. The van der Waals surface area contributed by atoms with Crippen LogP contribution in [0.2, 0.25) is 0 Å². The van der Waals surface area contributed by atoms with Gasteiger partial charge in [-0.05, 0) is 12.1 Å². The van der Waals surface area contributed by atoms with E-state index in [9.17, 15) is 4.79 Å². The summed E-state index contributed by atoms with van der Waals surface area (Å²) in [6.45, 7) is 2.20. The fraction of sp³-hybridized carbons (Fsp3) is 0.182. The van der Waals surface area contributed by atoms with E-state index >= 15 is 0 Å². The Labute approximate surface area is 163 Å². The van der Waals surface area contributed by atoms with E-state index in [1.807, 2.05) is 72.2 Å². The lowest BCUT2D eigenvalue weighted by molar-refractivity contribution is -0.118. The zero-order chi connectivity index (χ0) is 19.5. The molecular formula is C22H21N5O. The number of para-hydroxylation sites is 1. The van der Waals surface area contributed by atoms with E-state index in [1.165, 1.54) is 0 Å². The Bertz CT molecular complexity index is 1110. The quantitative estimate of drug-likeness (QED) is 0.536. The number of hydrogen-bond acceptors (Lipinski definition) is 4. The van der Waals surface area contributed by atoms with Crippen molar-refractivity contribution < 1.29 is 4.79 Å². The first kappa shape index (κ1) is 17.9. The molecule has 0 bridgehead atoms. The minimum absolute atomic E-state index is 0.0277. The van der Waals surface area contributed by atoms with Crippen LogP contribution in [0.4, 0.5) is 5.69 Å². The minimum atomic E-state index is -0.0277. The first-order valence-electron chi connectivity index (χ1n) is 9.26. The molecule has 140 valence electrons. The number of imidazole rings is 1. The van der Waals surface area contributed by atoms with Crippen LogP contribution in [-0.2, 0) is 17.8 Å². The maximum absolute atomic E-state index is 12.9. The van der Waals surface area contributed by atoms with E-state index in [0.29, 0.717) is 23.4 Å². The molecule has 2 aromatic heterocycles. The van der Waals surface area contributed by atoms with Crippen molar-refractivity contribution in [3.63, 3.8) is 0 Å². The lowest BCUT2D eigenvalue weighted by Gasteiger charge is -2.18. The van der Waals surface area contributed by atoms with Crippen LogP contribution < -0.4 is 4.90 Å². The summed E-state index contributed by atoms with van der Waals surface area (Å²) in [4.78, 5) is 28.4. The van der Waals surface area contributed by atoms with Crippen LogP contribution >= 0.6 is 0 Å². The Morgan fingerprint density at radius 1 is 1.00 bits per heavy atom. The van der Waals surface area contributed by atoms with Gasteiger partial charge in [-0.3, -0.25) is 4.79 Å². The molecule has 0 spiro atoms. The van der Waals surface area contributed by atoms with Gasteiger partial charge in [-0.15, -0.1) is 0 Å². The van der Waals surface area contributed by atoms with Crippen molar-refractivity contribution in [3.8, 4) is 11.4 Å². The SMILES string of the molecule is CCc1nc2cnc(-c3ccccc3)nc2n1CC(=O)N(C)c1ccccc1. The van der Waals surface area contributed by atoms with Crippen molar-refractivity contribution in [3.05, 3.63) is 72.7 Å². The maximum Gasteiger partial charge on any atom is 0.246 e. The summed E-state index contributed by atoms with van der Waals surface area (Å²) in [5, 5.41) is 0. The van der Waals surface area contributed by atoms with Crippen molar-refractivity contribution in [2.75, 3.05) is 11.9 Å². The molecule has 2 heterocycles. The minimum Gasteiger partial charge on any atom is -0.314 e. The number of anilines is 1. The Hall–Kier alpha value is -3.54. The predicted molar refractivity (Wildman–Crippen MR) is 110 cm³/mol. The number of nitrogens with zero attached hydrogens (tertiary/aromatic N) is 5. The number of benzene rings is 2. The molecule has 4 aromatic rings. The van der Waals surface area contributed by atoms with E-state index < -0.39 is 0 Å². The van der Waals surface area contributed by atoms with Crippen LogP contribution in [-0.4, -0.2) is 32.5 Å². The number of hydrogen-bond donors (Lipinski definition) is 0. The number of aromatic nitrogens is 4. The number of aryl methyl sites for hydroxylation is 1. The molecule has 0 saturated heterocycles. The van der Waals surface area contributed by atoms with Gasteiger partial charge in [0.15, 0.2) is 11.5 Å². The summed E-state index contributed by atoms with van der Waals surface area (Å²) in [6.07, 6.45) is 2.44. The number of amides is 1. The molecule has 4 rings (SSSR count). The summed E-state index contributed by atoms with van der Waals surface area (Å²) >= 11 is 0. The lowest BCUT2D eigenvalue weighted by Crippen LogP contribution is -2.30. The van der Waals surface area contributed by atoms with Gasteiger partial charge in [0.1, 0.15) is 17.9 Å². The predicted octanol–water partition coefficient (Wildman–Crippen LogP) is 3.72. The number of carbonyl (C=O) groups is 1. The van der Waals surface area contributed by atoms with Crippen molar-refractivity contribution in [2.45, 2.75) is 19.9 Å². The van der Waals surface area contributed by atoms with Crippen LogP contribution in [0, 0.1) is 0 Å². The molecule has 0 saturated carbocycles. The molecule has 0 unspecified atom stereocenters. The number of fused-ring (bicyclic) bond motifs is 1. The van der Waals surface area contributed by atoms with Crippen LogP contribution in [0.3, 0.4) is 0 Å². The van der Waals surface area contributed by atoms with E-state index in [0.717, 1.165) is 17.1 Å². The Morgan fingerprint density at radius 3 is 2.36 bits per heavy atom. The molecule has 28 heavy (non-hydrogen) atoms. The van der Waals surface area contributed by atoms with Crippen LogP contribution in [0.15, 0.2) is 66.9 Å². The summed E-state index contributed by atoms with van der Waals surface area (Å²) in [7, 11) is 1.78. The largest absolute Gasteiger partial charge is 0.314 e. The molecule has 0 N–H and O–H groups in total. The van der Waals surface area contributed by atoms with Gasteiger partial charge < -0.3 is 9.47 Å². The molecular weight excluding hydrogens is 350 g/mol. The molecule has 6 nitrogen and oxygen atoms in total. The molecule has 0 aliphatic carbocycles. The first-order valence-corrected chi connectivity index (χ1v) is 9.26. The highest BCUT2D eigenvalue weighted by Crippen LogP contribution is 2.20. The standard InChI is InChI=1S/C22H21N5O/c1-3-19-24-18-14-23-21(16-10-6-4-7-11-16)25-22(18)27(19)15-20(28)26(2)17-12-8-5-9-13-17/h4-14H,3,15H2,1-2H3. The maximum atomic E-state index is 12.9. The molecule has 1 amide bonds. The lowest BCUT2D eigenvalue weighted by atomic mass is 10.2. The van der Waals surface area contributed by atoms with Gasteiger partial charge in [0, 0.05) is 24.7 Å². The van der Waals surface area contributed by atoms with Gasteiger partial charge in [-0.2, -0.15) is 0 Å². The zero-order valence-electron chi connectivity index (χ0n) is 15.9. The summed E-state index contributed by atoms with van der Waals surface area (Å²) in [6, 6.07) is 19.4. The Balaban J connectivity index is 1.72. The summed E-state index contributed by atoms with van der Waals surface area (Å²) in [5.41, 5.74) is 3.17. The number of carbonyl (C=O) groups excluding carboxylic acids is 1. The summed E-state index contributed by atoms with van der Waals surface area (Å²) < 4.78 is 1.89. The zero-order valence-corrected chi connectivity index (χ0v) is 15.9. The van der Waals surface area contributed by atoms with Crippen molar-refractivity contribution in [2.24, 2.45) is 0 Å². The van der Waals surface area contributed by atoms with Gasteiger partial charge in [0.05, 0.1) is 6.20 Å². The van der Waals surface area contributed by atoms with E-state index in [1.54, 1.807) is 18.1 Å². The van der Waals surface area contributed by atoms with E-state index in [4.69, 9.17) is 4.98 Å². The highest BCUT2D eigenvalue weighted by Gasteiger charge is 2.18. The second-order valence-electron chi connectivity index (χ2n) is 6.52. The average Bonchev–Trinajstić information content (AvgIpc) is 3.11. The monoisotopic (exact) mass is 371 g/mol. The fourth-order valence-electron chi connectivity index (χ4n) is 3.16. The van der Waals surface area contributed by atoms with Crippen molar-refractivity contribution >= 4 is 22.8 Å². The highest BCUT2D eigenvalue weighted by molar-refractivity contribution is 5.93. The van der Waals surface area contributed by atoms with Gasteiger partial charge in [0.25, 0.3) is 0 Å². The second kappa shape index (κ2) is 7.60. The molecule has 6 heteroatoms. The van der Waals surface area contributed by atoms with E-state index in [-0.39, 0.29) is 12.5 Å². The van der Waals surface area contributed by atoms with Crippen molar-refractivity contribution in [1.82, 2.24) is 19.5 Å². The normalized spacial score (nSPS) is 10.9. The third-order valence-electron chi connectivity index (χ3n) is 4.73. The molecule has 0 aliphatic heterocycles. The first-order chi connectivity index (χ1) is 13.7. The number of rotatable bonds is 5. The Morgan fingerprint density at radius 2 is 1.68 bits per heavy atom. The smallest absolute Gasteiger partial charge is 0.246 e.